The molecule has 0 aromatic carbocycles. The summed E-state index contributed by atoms with van der Waals surface area (Å²) in [7, 11) is 0. The molecular formula is C15H16O4. The summed E-state index contributed by atoms with van der Waals surface area (Å²) in [5, 5.41) is 0. The third-order valence-electron chi connectivity index (χ3n) is 2.96. The first-order valence-electron chi connectivity index (χ1n) is 6.35. The number of hydrogen-bond donors (Lipinski definition) is 0. The average Bonchev–Trinajstić information content (AvgIpc) is 3.08. The van der Waals surface area contributed by atoms with E-state index in [1.165, 1.54) is 12.5 Å². The van der Waals surface area contributed by atoms with Crippen molar-refractivity contribution in [3.05, 3.63) is 48.3 Å². The van der Waals surface area contributed by atoms with E-state index in [4.69, 9.17) is 8.83 Å². The van der Waals surface area contributed by atoms with Crippen LogP contribution in [0, 0.1) is 0 Å². The van der Waals surface area contributed by atoms with Gasteiger partial charge in [0.1, 0.15) is 11.5 Å². The Balaban J connectivity index is 2.14. The average molecular weight is 260 g/mol. The first-order chi connectivity index (χ1) is 9.22. The third-order valence-corrected chi connectivity index (χ3v) is 2.96. The van der Waals surface area contributed by atoms with E-state index in [0.29, 0.717) is 12.2 Å². The van der Waals surface area contributed by atoms with Crippen molar-refractivity contribution in [2.45, 2.75) is 32.1 Å². The molecule has 0 aliphatic rings. The zero-order valence-electron chi connectivity index (χ0n) is 10.8. The van der Waals surface area contributed by atoms with Crippen molar-refractivity contribution in [1.29, 1.82) is 0 Å². The second kappa shape index (κ2) is 6.18. The molecule has 4 nitrogen and oxygen atoms in total. The number of hydrogen-bond acceptors (Lipinski definition) is 4. The van der Waals surface area contributed by atoms with Crippen molar-refractivity contribution >= 4 is 11.6 Å². The van der Waals surface area contributed by atoms with E-state index in [1.807, 2.05) is 6.92 Å². The molecule has 1 atom stereocenters. The quantitative estimate of drug-likeness (QED) is 0.713. The molecule has 4 heteroatoms. The minimum absolute atomic E-state index is 0.0253. The molecule has 0 spiro atoms. The summed E-state index contributed by atoms with van der Waals surface area (Å²) in [6.07, 6.45) is 4.24. The number of furan rings is 2. The van der Waals surface area contributed by atoms with E-state index in [2.05, 4.69) is 0 Å². The summed E-state index contributed by atoms with van der Waals surface area (Å²) >= 11 is 0. The van der Waals surface area contributed by atoms with Crippen LogP contribution >= 0.6 is 0 Å². The molecular weight excluding hydrogens is 244 g/mol. The smallest absolute Gasteiger partial charge is 0.199 e. The number of carbonyl (C=O) groups excluding carboxylic acids is 2. The number of carbonyl (C=O) groups is 2. The Morgan fingerprint density at radius 2 is 1.89 bits per heavy atom. The van der Waals surface area contributed by atoms with Crippen molar-refractivity contribution in [3.63, 3.8) is 0 Å². The molecule has 19 heavy (non-hydrogen) atoms. The van der Waals surface area contributed by atoms with Crippen molar-refractivity contribution in [2.75, 3.05) is 0 Å². The van der Waals surface area contributed by atoms with Gasteiger partial charge in [0.05, 0.1) is 18.4 Å². The van der Waals surface area contributed by atoms with Gasteiger partial charge in [-0.15, -0.1) is 0 Å². The number of rotatable bonds is 7. The Hall–Kier alpha value is -2.10. The number of Topliss-reactive ketones (excluding diaryl/α,β-unsaturated/α-hetero) is 2. The van der Waals surface area contributed by atoms with Crippen molar-refractivity contribution < 1.29 is 18.4 Å². The van der Waals surface area contributed by atoms with Gasteiger partial charge in [-0.1, -0.05) is 6.92 Å². The fourth-order valence-electron chi connectivity index (χ4n) is 2.01. The molecule has 2 heterocycles. The molecule has 0 amide bonds. The van der Waals surface area contributed by atoms with Gasteiger partial charge < -0.3 is 8.83 Å². The minimum Gasteiger partial charge on any atom is -0.469 e. The van der Waals surface area contributed by atoms with E-state index in [9.17, 15) is 9.59 Å². The molecule has 0 aliphatic carbocycles. The molecule has 0 aliphatic heterocycles. The van der Waals surface area contributed by atoms with Crippen LogP contribution in [-0.2, 0) is 4.79 Å². The molecule has 2 rings (SSSR count). The molecule has 0 radical (unpaired) electrons. The summed E-state index contributed by atoms with van der Waals surface area (Å²) in [5.41, 5.74) is 0. The maximum atomic E-state index is 12.1. The van der Waals surface area contributed by atoms with Crippen LogP contribution in [0.3, 0.4) is 0 Å². The lowest BCUT2D eigenvalue weighted by Crippen LogP contribution is -2.16. The predicted molar refractivity (Wildman–Crippen MR) is 69.0 cm³/mol. The van der Waals surface area contributed by atoms with Gasteiger partial charge in [-0.3, -0.25) is 9.59 Å². The Labute approximate surface area is 111 Å². The lowest BCUT2D eigenvalue weighted by atomic mass is 9.92. The number of ketones is 2. The molecule has 0 bridgehead atoms. The van der Waals surface area contributed by atoms with Gasteiger partial charge >= 0.3 is 0 Å². The van der Waals surface area contributed by atoms with Crippen LogP contribution in [-0.4, -0.2) is 11.6 Å². The normalized spacial score (nSPS) is 12.3. The van der Waals surface area contributed by atoms with Gasteiger partial charge in [-0.25, -0.2) is 0 Å². The summed E-state index contributed by atoms with van der Waals surface area (Å²) in [5.74, 6) is 0.139. The van der Waals surface area contributed by atoms with Gasteiger partial charge in [0.2, 0.25) is 0 Å². The highest BCUT2D eigenvalue weighted by Gasteiger charge is 2.26. The highest BCUT2D eigenvalue weighted by molar-refractivity contribution is 5.98. The maximum Gasteiger partial charge on any atom is 0.199 e. The van der Waals surface area contributed by atoms with Crippen LogP contribution in [0.1, 0.15) is 48.4 Å². The van der Waals surface area contributed by atoms with Gasteiger partial charge in [0, 0.05) is 12.8 Å². The fraction of sp³-hybridized carbons (Fsp3) is 0.333. The van der Waals surface area contributed by atoms with Crippen molar-refractivity contribution in [1.82, 2.24) is 0 Å². The molecule has 0 saturated carbocycles. The van der Waals surface area contributed by atoms with E-state index in [1.54, 1.807) is 24.3 Å². The predicted octanol–water partition coefficient (Wildman–Crippen LogP) is 3.60. The maximum absolute atomic E-state index is 12.1. The molecule has 2 aromatic heterocycles. The highest BCUT2D eigenvalue weighted by atomic mass is 16.3. The van der Waals surface area contributed by atoms with Gasteiger partial charge in [-0.05, 0) is 30.7 Å². The second-order valence-electron chi connectivity index (χ2n) is 4.39. The van der Waals surface area contributed by atoms with Crippen LogP contribution in [0.5, 0.6) is 0 Å². The van der Waals surface area contributed by atoms with Crippen LogP contribution < -0.4 is 0 Å². The van der Waals surface area contributed by atoms with Crippen LogP contribution in [0.25, 0.3) is 0 Å². The van der Waals surface area contributed by atoms with Gasteiger partial charge in [0.15, 0.2) is 11.5 Å². The standard InChI is InChI=1S/C15H16O4/c1-2-5-12(16)11(14-6-3-8-18-14)10-13(17)15-7-4-9-19-15/h3-4,6-9,11H,2,5,10H2,1H3. The summed E-state index contributed by atoms with van der Waals surface area (Å²) in [6.45, 7) is 1.94. The first kappa shape index (κ1) is 13.3. The molecule has 2 aromatic rings. The van der Waals surface area contributed by atoms with Gasteiger partial charge in [0.25, 0.3) is 0 Å². The van der Waals surface area contributed by atoms with E-state index in [0.717, 1.165) is 6.42 Å². The molecule has 0 saturated heterocycles. The summed E-state index contributed by atoms with van der Waals surface area (Å²) < 4.78 is 10.3. The largest absolute Gasteiger partial charge is 0.469 e. The van der Waals surface area contributed by atoms with Crippen LogP contribution in [0.4, 0.5) is 0 Å². The Morgan fingerprint density at radius 3 is 2.47 bits per heavy atom. The molecule has 0 N–H and O–H groups in total. The lowest BCUT2D eigenvalue weighted by Gasteiger charge is -2.11. The van der Waals surface area contributed by atoms with Gasteiger partial charge in [-0.2, -0.15) is 0 Å². The van der Waals surface area contributed by atoms with E-state index < -0.39 is 5.92 Å². The molecule has 100 valence electrons. The highest BCUT2D eigenvalue weighted by Crippen LogP contribution is 2.25. The topological polar surface area (TPSA) is 60.4 Å². The molecule has 0 fully saturated rings. The van der Waals surface area contributed by atoms with Crippen LogP contribution in [0.2, 0.25) is 0 Å². The Bertz CT molecular complexity index is 523. The lowest BCUT2D eigenvalue weighted by molar-refractivity contribution is -0.120. The first-order valence-corrected chi connectivity index (χ1v) is 6.35. The third kappa shape index (κ3) is 3.22. The zero-order chi connectivity index (χ0) is 13.7. The molecule has 1 unspecified atom stereocenters. The van der Waals surface area contributed by atoms with Crippen molar-refractivity contribution in [3.8, 4) is 0 Å². The van der Waals surface area contributed by atoms with Crippen molar-refractivity contribution in [2.24, 2.45) is 0 Å². The fourth-order valence-corrected chi connectivity index (χ4v) is 2.01. The second-order valence-corrected chi connectivity index (χ2v) is 4.39. The SMILES string of the molecule is CCCC(=O)C(CC(=O)c1ccco1)c1ccco1. The van der Waals surface area contributed by atoms with E-state index in [-0.39, 0.29) is 23.7 Å². The monoisotopic (exact) mass is 260 g/mol. The Kier molecular flexibility index (Phi) is 4.34. The van der Waals surface area contributed by atoms with E-state index >= 15 is 0 Å². The van der Waals surface area contributed by atoms with Crippen LogP contribution in [0.15, 0.2) is 45.6 Å². The summed E-state index contributed by atoms with van der Waals surface area (Å²) in [6, 6.07) is 6.71. The summed E-state index contributed by atoms with van der Waals surface area (Å²) in [4.78, 5) is 24.1. The minimum atomic E-state index is -0.521. The zero-order valence-corrected chi connectivity index (χ0v) is 10.8. The Morgan fingerprint density at radius 1 is 1.16 bits per heavy atom.